The van der Waals surface area contributed by atoms with Crippen LogP contribution in [0.1, 0.15) is 29.5 Å². The lowest BCUT2D eigenvalue weighted by atomic mass is 10.2. The number of hydrogen-bond donors (Lipinski definition) is 2. The van der Waals surface area contributed by atoms with Gasteiger partial charge in [0.05, 0.1) is 0 Å². The first-order valence-corrected chi connectivity index (χ1v) is 11.3. The minimum atomic E-state index is -0.873. The summed E-state index contributed by atoms with van der Waals surface area (Å²) < 4.78 is 15.8. The SMILES string of the molecule is O=C(NCC[C@@H](NC(=O)OCc1ccccc1)c1nc2ncccc2c(=O)o1)OCc1ccccc1. The number of hydrogen-bond acceptors (Lipinski definition) is 8. The van der Waals surface area contributed by atoms with Crippen molar-refractivity contribution >= 4 is 23.2 Å². The van der Waals surface area contributed by atoms with Crippen molar-refractivity contribution in [3.8, 4) is 0 Å². The predicted molar refractivity (Wildman–Crippen MR) is 130 cm³/mol. The Bertz CT molecular complexity index is 1360. The summed E-state index contributed by atoms with van der Waals surface area (Å²) in [4.78, 5) is 45.4. The first-order chi connectivity index (χ1) is 17.6. The molecule has 0 unspecified atom stereocenters. The van der Waals surface area contributed by atoms with Crippen LogP contribution < -0.4 is 16.3 Å². The van der Waals surface area contributed by atoms with Gasteiger partial charge in [0, 0.05) is 12.7 Å². The molecule has 2 amide bonds. The minimum absolute atomic E-state index is 0.0534. The molecule has 0 aliphatic rings. The number of ether oxygens (including phenoxy) is 2. The van der Waals surface area contributed by atoms with E-state index >= 15 is 0 Å². The molecule has 2 heterocycles. The van der Waals surface area contributed by atoms with Gasteiger partial charge in [-0.25, -0.2) is 19.4 Å². The van der Waals surface area contributed by atoms with E-state index in [-0.39, 0.29) is 43.1 Å². The Morgan fingerprint density at radius 1 is 0.861 bits per heavy atom. The highest BCUT2D eigenvalue weighted by atomic mass is 16.6. The van der Waals surface area contributed by atoms with Crippen molar-refractivity contribution in [2.75, 3.05) is 6.54 Å². The number of fused-ring (bicyclic) bond motifs is 1. The normalized spacial score (nSPS) is 11.4. The van der Waals surface area contributed by atoms with Crippen molar-refractivity contribution in [1.29, 1.82) is 0 Å². The number of benzene rings is 2. The zero-order valence-corrected chi connectivity index (χ0v) is 19.3. The van der Waals surface area contributed by atoms with Gasteiger partial charge in [-0.05, 0) is 29.7 Å². The van der Waals surface area contributed by atoms with Crippen molar-refractivity contribution in [2.45, 2.75) is 25.7 Å². The number of nitrogens with one attached hydrogen (secondary N) is 2. The Balaban J connectivity index is 1.40. The topological polar surface area (TPSA) is 133 Å². The number of nitrogens with zero attached hydrogens (tertiary/aromatic N) is 2. The molecule has 0 aliphatic carbocycles. The monoisotopic (exact) mass is 488 g/mol. The predicted octanol–water partition coefficient (Wildman–Crippen LogP) is 3.87. The molecule has 0 fully saturated rings. The lowest BCUT2D eigenvalue weighted by Crippen LogP contribution is -2.34. The van der Waals surface area contributed by atoms with Crippen LogP contribution in [0.25, 0.3) is 11.0 Å². The molecule has 0 radical (unpaired) electrons. The minimum Gasteiger partial charge on any atom is -0.445 e. The second-order valence-electron chi connectivity index (χ2n) is 7.75. The maximum Gasteiger partial charge on any atom is 0.408 e. The van der Waals surface area contributed by atoms with E-state index in [0.29, 0.717) is 0 Å². The molecule has 0 spiro atoms. The van der Waals surface area contributed by atoms with Crippen LogP contribution in [0.3, 0.4) is 0 Å². The smallest absolute Gasteiger partial charge is 0.408 e. The van der Waals surface area contributed by atoms with Crippen molar-refractivity contribution in [3.63, 3.8) is 0 Å². The number of rotatable bonds is 9. The van der Waals surface area contributed by atoms with Crippen LogP contribution in [0.5, 0.6) is 0 Å². The fraction of sp³-hybridized carbons (Fsp3) is 0.192. The zero-order chi connectivity index (χ0) is 25.2. The van der Waals surface area contributed by atoms with Gasteiger partial charge >= 0.3 is 17.8 Å². The van der Waals surface area contributed by atoms with Gasteiger partial charge in [-0.2, -0.15) is 4.98 Å². The van der Waals surface area contributed by atoms with Gasteiger partial charge in [-0.3, -0.25) is 0 Å². The summed E-state index contributed by atoms with van der Waals surface area (Å²) >= 11 is 0. The van der Waals surface area contributed by atoms with Crippen LogP contribution in [0.4, 0.5) is 9.59 Å². The maximum atomic E-state index is 12.5. The van der Waals surface area contributed by atoms with Crippen LogP contribution in [-0.2, 0) is 22.7 Å². The van der Waals surface area contributed by atoms with Crippen LogP contribution in [0, 0.1) is 0 Å². The number of pyridine rings is 1. The summed E-state index contributed by atoms with van der Waals surface area (Å²) in [7, 11) is 0. The molecule has 0 aliphatic heterocycles. The lowest BCUT2D eigenvalue weighted by Gasteiger charge is -2.17. The van der Waals surface area contributed by atoms with E-state index in [2.05, 4.69) is 20.6 Å². The molecule has 10 heteroatoms. The van der Waals surface area contributed by atoms with E-state index in [4.69, 9.17) is 13.9 Å². The number of amides is 2. The summed E-state index contributed by atoms with van der Waals surface area (Å²) in [5.74, 6) is -0.0534. The van der Waals surface area contributed by atoms with E-state index in [9.17, 15) is 14.4 Å². The van der Waals surface area contributed by atoms with Crippen LogP contribution in [0.2, 0.25) is 0 Å². The molecule has 4 rings (SSSR count). The van der Waals surface area contributed by atoms with Crippen molar-refractivity contribution in [3.05, 3.63) is 106 Å². The van der Waals surface area contributed by atoms with Gasteiger partial charge in [0.15, 0.2) is 5.65 Å². The molecular weight excluding hydrogens is 464 g/mol. The number of carbonyl (C=O) groups excluding carboxylic acids is 2. The Hall–Kier alpha value is -4.73. The Morgan fingerprint density at radius 2 is 1.50 bits per heavy atom. The first kappa shape index (κ1) is 24.4. The summed E-state index contributed by atoms with van der Waals surface area (Å²) in [5.41, 5.74) is 1.21. The van der Waals surface area contributed by atoms with Crippen molar-refractivity contribution < 1.29 is 23.5 Å². The second kappa shape index (κ2) is 12.1. The largest absolute Gasteiger partial charge is 0.445 e. The molecule has 10 nitrogen and oxygen atoms in total. The Labute approximate surface area is 206 Å². The summed E-state index contributed by atoms with van der Waals surface area (Å²) in [6, 6.07) is 20.7. The number of alkyl carbamates (subject to hydrolysis) is 2. The molecule has 0 bridgehead atoms. The molecule has 0 saturated carbocycles. The molecular formula is C26H24N4O6. The molecule has 2 aromatic heterocycles. The molecule has 2 aromatic carbocycles. The summed E-state index contributed by atoms with van der Waals surface area (Å²) in [6.07, 6.45) is 0.286. The van der Waals surface area contributed by atoms with Gasteiger partial charge in [-0.15, -0.1) is 0 Å². The fourth-order valence-electron chi connectivity index (χ4n) is 3.33. The summed E-state index contributed by atoms with van der Waals surface area (Å²) in [6.45, 7) is 0.274. The fourth-order valence-corrected chi connectivity index (χ4v) is 3.33. The van der Waals surface area contributed by atoms with E-state index in [1.165, 1.54) is 6.20 Å². The third-order valence-electron chi connectivity index (χ3n) is 5.14. The van der Waals surface area contributed by atoms with E-state index < -0.39 is 23.9 Å². The van der Waals surface area contributed by atoms with Gasteiger partial charge in [0.1, 0.15) is 24.6 Å². The number of carbonyl (C=O) groups is 2. The van der Waals surface area contributed by atoms with Crippen molar-refractivity contribution in [2.24, 2.45) is 0 Å². The standard InChI is InChI=1S/C26H24N4O6/c31-24-20-12-7-14-27-22(20)30-23(36-24)21(29-26(33)35-17-19-10-5-2-6-11-19)13-15-28-25(32)34-16-18-8-3-1-4-9-18/h1-12,14,21H,13,15-17H2,(H,28,32)(H,29,33)/t21-/m1/s1. The average molecular weight is 489 g/mol. The maximum absolute atomic E-state index is 12.5. The third kappa shape index (κ3) is 6.89. The van der Waals surface area contributed by atoms with Gasteiger partial charge in [0.25, 0.3) is 0 Å². The van der Waals surface area contributed by atoms with Crippen LogP contribution >= 0.6 is 0 Å². The molecule has 36 heavy (non-hydrogen) atoms. The molecule has 0 saturated heterocycles. The lowest BCUT2D eigenvalue weighted by molar-refractivity contribution is 0.131. The highest BCUT2D eigenvalue weighted by molar-refractivity contribution is 5.72. The quantitative estimate of drug-likeness (QED) is 0.363. The first-order valence-electron chi connectivity index (χ1n) is 11.3. The highest BCUT2D eigenvalue weighted by Gasteiger charge is 2.22. The van der Waals surface area contributed by atoms with Crippen molar-refractivity contribution in [1.82, 2.24) is 20.6 Å². The number of aromatic nitrogens is 2. The molecule has 1 atom stereocenters. The van der Waals surface area contributed by atoms with E-state index in [0.717, 1.165) is 11.1 Å². The molecule has 2 N–H and O–H groups in total. The highest BCUT2D eigenvalue weighted by Crippen LogP contribution is 2.16. The van der Waals surface area contributed by atoms with E-state index in [1.807, 2.05) is 60.7 Å². The Morgan fingerprint density at radius 3 is 2.17 bits per heavy atom. The molecule has 4 aromatic rings. The van der Waals surface area contributed by atoms with Gasteiger partial charge in [0.2, 0.25) is 5.89 Å². The van der Waals surface area contributed by atoms with Crippen LogP contribution in [-0.4, -0.2) is 28.7 Å². The Kier molecular flexibility index (Phi) is 8.21. The summed E-state index contributed by atoms with van der Waals surface area (Å²) in [5, 5.41) is 5.49. The van der Waals surface area contributed by atoms with E-state index in [1.54, 1.807) is 12.1 Å². The average Bonchev–Trinajstić information content (AvgIpc) is 2.91. The third-order valence-corrected chi connectivity index (χ3v) is 5.14. The van der Waals surface area contributed by atoms with Crippen LogP contribution in [0.15, 0.2) is 88.2 Å². The zero-order valence-electron chi connectivity index (χ0n) is 19.3. The van der Waals surface area contributed by atoms with Gasteiger partial charge < -0.3 is 24.5 Å². The second-order valence-corrected chi connectivity index (χ2v) is 7.75. The molecule has 184 valence electrons. The van der Waals surface area contributed by atoms with Gasteiger partial charge in [-0.1, -0.05) is 60.7 Å².